The Morgan fingerprint density at radius 2 is 2.46 bits per heavy atom. The van der Waals surface area contributed by atoms with Gasteiger partial charge in [-0.05, 0) is 18.4 Å². The number of thiophene rings is 1. The largest absolute Gasteiger partial charge is 0.493 e. The van der Waals surface area contributed by atoms with Crippen LogP contribution in [0.15, 0.2) is 17.5 Å². The number of pyridine rings is 1. The molecule has 2 heterocycles. The topological polar surface area (TPSA) is 22.1 Å². The summed E-state index contributed by atoms with van der Waals surface area (Å²) in [6.45, 7) is 2.60. The smallest absolute Gasteiger partial charge is 0.134 e. The molecule has 0 aromatic carbocycles. The Hall–Kier alpha value is -0.800. The molecule has 0 aliphatic rings. The number of halogens is 1. The van der Waals surface area contributed by atoms with Crippen LogP contribution in [0.3, 0.4) is 0 Å². The first-order chi connectivity index (χ1) is 6.31. The van der Waals surface area contributed by atoms with Gasteiger partial charge in [0, 0.05) is 6.07 Å². The van der Waals surface area contributed by atoms with Crippen LogP contribution in [0.25, 0.3) is 10.2 Å². The van der Waals surface area contributed by atoms with Gasteiger partial charge in [-0.2, -0.15) is 0 Å². The van der Waals surface area contributed by atoms with E-state index in [1.54, 1.807) is 17.4 Å². The maximum absolute atomic E-state index is 5.83. The van der Waals surface area contributed by atoms with Crippen LogP contribution in [0.4, 0.5) is 0 Å². The molecule has 2 rings (SSSR count). The van der Waals surface area contributed by atoms with Crippen molar-refractivity contribution < 1.29 is 4.74 Å². The molecule has 4 heteroatoms. The highest BCUT2D eigenvalue weighted by Crippen LogP contribution is 2.30. The van der Waals surface area contributed by atoms with E-state index in [0.29, 0.717) is 11.8 Å². The quantitative estimate of drug-likeness (QED) is 0.714. The van der Waals surface area contributed by atoms with Crippen molar-refractivity contribution in [2.75, 3.05) is 6.61 Å². The molecular weight excluding hydrogens is 206 g/mol. The minimum absolute atomic E-state index is 0.485. The molecule has 0 N–H and O–H groups in total. The lowest BCUT2D eigenvalue weighted by Gasteiger charge is -2.03. The van der Waals surface area contributed by atoms with E-state index in [1.165, 1.54) is 0 Å². The fraction of sp³-hybridized carbons (Fsp3) is 0.222. The van der Waals surface area contributed by atoms with Gasteiger partial charge in [-0.25, -0.2) is 4.98 Å². The van der Waals surface area contributed by atoms with Crippen molar-refractivity contribution in [1.82, 2.24) is 4.98 Å². The highest BCUT2D eigenvalue weighted by molar-refractivity contribution is 7.16. The monoisotopic (exact) mass is 213 g/mol. The zero-order valence-corrected chi connectivity index (χ0v) is 8.65. The molecule has 0 atom stereocenters. The van der Waals surface area contributed by atoms with Crippen LogP contribution in [-0.4, -0.2) is 11.6 Å². The van der Waals surface area contributed by atoms with E-state index in [-0.39, 0.29) is 0 Å². The van der Waals surface area contributed by atoms with Gasteiger partial charge in [0.2, 0.25) is 0 Å². The second-order valence-electron chi connectivity index (χ2n) is 2.52. The summed E-state index contributed by atoms with van der Waals surface area (Å²) in [5.74, 6) is 0.818. The average Bonchev–Trinajstić information content (AvgIpc) is 2.52. The Kier molecular flexibility index (Phi) is 2.38. The minimum atomic E-state index is 0.485. The van der Waals surface area contributed by atoms with Crippen LogP contribution in [0.2, 0.25) is 5.15 Å². The molecule has 0 unspecified atom stereocenters. The van der Waals surface area contributed by atoms with E-state index < -0.39 is 0 Å². The van der Waals surface area contributed by atoms with Crippen LogP contribution >= 0.6 is 22.9 Å². The van der Waals surface area contributed by atoms with Gasteiger partial charge < -0.3 is 4.74 Å². The molecule has 0 radical (unpaired) electrons. The van der Waals surface area contributed by atoms with Gasteiger partial charge in [-0.15, -0.1) is 11.3 Å². The number of rotatable bonds is 2. The molecular formula is C9H8ClNOS. The third-order valence-corrected chi connectivity index (χ3v) is 2.67. The Morgan fingerprint density at radius 1 is 1.62 bits per heavy atom. The fourth-order valence-corrected chi connectivity index (χ4v) is 2.18. The number of fused-ring (bicyclic) bond motifs is 1. The second-order valence-corrected chi connectivity index (χ2v) is 3.80. The predicted octanol–water partition coefficient (Wildman–Crippen LogP) is 3.35. The van der Waals surface area contributed by atoms with Gasteiger partial charge in [0.1, 0.15) is 15.7 Å². The Labute approximate surface area is 85.1 Å². The third-order valence-electron chi connectivity index (χ3n) is 1.67. The maximum atomic E-state index is 5.83. The second kappa shape index (κ2) is 3.52. The highest BCUT2D eigenvalue weighted by Gasteiger charge is 2.05. The first kappa shape index (κ1) is 8.78. The molecule has 0 saturated carbocycles. The van der Waals surface area contributed by atoms with Crippen LogP contribution < -0.4 is 4.74 Å². The minimum Gasteiger partial charge on any atom is -0.493 e. The lowest BCUT2D eigenvalue weighted by atomic mass is 10.3. The maximum Gasteiger partial charge on any atom is 0.134 e. The standard InChI is InChI=1S/C9H8ClNOS/c1-2-12-7-5-8(10)11-9-6(7)3-4-13-9/h3-5H,2H2,1H3. The average molecular weight is 214 g/mol. The molecule has 0 aliphatic carbocycles. The number of hydrogen-bond acceptors (Lipinski definition) is 3. The molecule has 68 valence electrons. The molecule has 0 aliphatic heterocycles. The Bertz CT molecular complexity index is 426. The third kappa shape index (κ3) is 1.62. The van der Waals surface area contributed by atoms with Gasteiger partial charge in [0.05, 0.1) is 12.0 Å². The molecule has 2 nitrogen and oxygen atoms in total. The predicted molar refractivity (Wildman–Crippen MR) is 55.8 cm³/mol. The van der Waals surface area contributed by atoms with E-state index >= 15 is 0 Å². The summed E-state index contributed by atoms with van der Waals surface area (Å²) < 4.78 is 5.44. The van der Waals surface area contributed by atoms with Crippen LogP contribution in [-0.2, 0) is 0 Å². The molecule has 2 aromatic heterocycles. The van der Waals surface area contributed by atoms with Crippen molar-refractivity contribution in [3.8, 4) is 5.75 Å². The summed E-state index contributed by atoms with van der Waals surface area (Å²) in [5, 5.41) is 3.51. The summed E-state index contributed by atoms with van der Waals surface area (Å²) in [5.41, 5.74) is 0. The van der Waals surface area contributed by atoms with Gasteiger partial charge in [0.25, 0.3) is 0 Å². The Morgan fingerprint density at radius 3 is 3.23 bits per heavy atom. The van der Waals surface area contributed by atoms with Crippen molar-refractivity contribution in [2.45, 2.75) is 6.92 Å². The van der Waals surface area contributed by atoms with Crippen molar-refractivity contribution in [1.29, 1.82) is 0 Å². The first-order valence-corrected chi connectivity index (χ1v) is 5.23. The van der Waals surface area contributed by atoms with Crippen molar-refractivity contribution in [3.05, 3.63) is 22.7 Å². The van der Waals surface area contributed by atoms with Crippen molar-refractivity contribution in [2.24, 2.45) is 0 Å². The number of nitrogens with zero attached hydrogens (tertiary/aromatic N) is 1. The van der Waals surface area contributed by atoms with E-state index in [0.717, 1.165) is 16.0 Å². The summed E-state index contributed by atoms with van der Waals surface area (Å²) in [6, 6.07) is 3.74. The molecule has 13 heavy (non-hydrogen) atoms. The first-order valence-electron chi connectivity index (χ1n) is 3.98. The molecule has 0 saturated heterocycles. The van der Waals surface area contributed by atoms with Crippen molar-refractivity contribution >= 4 is 33.2 Å². The zero-order chi connectivity index (χ0) is 9.26. The Balaban J connectivity index is 2.63. The van der Waals surface area contributed by atoms with E-state index in [9.17, 15) is 0 Å². The highest BCUT2D eigenvalue weighted by atomic mass is 35.5. The van der Waals surface area contributed by atoms with E-state index in [2.05, 4.69) is 4.98 Å². The number of ether oxygens (including phenoxy) is 1. The normalized spacial score (nSPS) is 10.6. The van der Waals surface area contributed by atoms with Gasteiger partial charge in [0.15, 0.2) is 0 Å². The molecule has 2 aromatic rings. The lowest BCUT2D eigenvalue weighted by molar-refractivity contribution is 0.344. The lowest BCUT2D eigenvalue weighted by Crippen LogP contribution is -1.92. The van der Waals surface area contributed by atoms with E-state index in [4.69, 9.17) is 16.3 Å². The summed E-state index contributed by atoms with van der Waals surface area (Å²) >= 11 is 7.40. The SMILES string of the molecule is CCOc1cc(Cl)nc2sccc12. The molecule has 0 fully saturated rings. The fourth-order valence-electron chi connectivity index (χ4n) is 1.17. The zero-order valence-electron chi connectivity index (χ0n) is 7.08. The number of hydrogen-bond donors (Lipinski definition) is 0. The van der Waals surface area contributed by atoms with Gasteiger partial charge in [-0.1, -0.05) is 11.6 Å². The van der Waals surface area contributed by atoms with Crippen LogP contribution in [0.1, 0.15) is 6.92 Å². The molecule has 0 amide bonds. The summed E-state index contributed by atoms with van der Waals surface area (Å²) in [4.78, 5) is 5.11. The number of aromatic nitrogens is 1. The van der Waals surface area contributed by atoms with E-state index in [1.807, 2.05) is 18.4 Å². The summed E-state index contributed by atoms with van der Waals surface area (Å²) in [7, 11) is 0. The molecule has 0 bridgehead atoms. The van der Waals surface area contributed by atoms with Crippen LogP contribution in [0, 0.1) is 0 Å². The van der Waals surface area contributed by atoms with Crippen LogP contribution in [0.5, 0.6) is 5.75 Å². The van der Waals surface area contributed by atoms with Gasteiger partial charge >= 0.3 is 0 Å². The van der Waals surface area contributed by atoms with Gasteiger partial charge in [-0.3, -0.25) is 0 Å². The molecule has 0 spiro atoms. The van der Waals surface area contributed by atoms with Crippen molar-refractivity contribution in [3.63, 3.8) is 0 Å². The summed E-state index contributed by atoms with van der Waals surface area (Å²) in [6.07, 6.45) is 0.